The highest BCUT2D eigenvalue weighted by molar-refractivity contribution is 6.26. The molecule has 2 N–H and O–H groups in total. The number of phenols is 2. The summed E-state index contributed by atoms with van der Waals surface area (Å²) in [4.78, 5) is 55.6. The minimum Gasteiger partial charge on any atom is -0.508 e. The highest BCUT2D eigenvalue weighted by Crippen LogP contribution is 2.58. The molecule has 3 aliphatic carbocycles. The lowest BCUT2D eigenvalue weighted by atomic mass is 9.54. The molecular weight excluding hydrogens is 412 g/mol. The lowest BCUT2D eigenvalue weighted by Gasteiger charge is -2.44. The number of anilines is 2. The predicted octanol–water partition coefficient (Wildman–Crippen LogP) is 1.82. The number of benzene rings is 2. The molecule has 0 radical (unpaired) electrons. The van der Waals surface area contributed by atoms with Gasteiger partial charge in [0.15, 0.2) is 0 Å². The summed E-state index contributed by atoms with van der Waals surface area (Å²) in [7, 11) is 0. The molecule has 7 rings (SSSR count). The zero-order valence-electron chi connectivity index (χ0n) is 16.7. The van der Waals surface area contributed by atoms with E-state index in [9.17, 15) is 29.4 Å². The Kier molecular flexibility index (Phi) is 3.69. The van der Waals surface area contributed by atoms with Gasteiger partial charge in [0.2, 0.25) is 23.6 Å². The number of rotatable bonds is 2. The van der Waals surface area contributed by atoms with Gasteiger partial charge < -0.3 is 10.2 Å². The quantitative estimate of drug-likeness (QED) is 0.555. The Bertz CT molecular complexity index is 1110. The van der Waals surface area contributed by atoms with Crippen LogP contribution >= 0.6 is 0 Å². The van der Waals surface area contributed by atoms with Crippen LogP contribution in [0, 0.1) is 35.5 Å². The van der Waals surface area contributed by atoms with Gasteiger partial charge in [0.1, 0.15) is 11.5 Å². The van der Waals surface area contributed by atoms with Crippen molar-refractivity contribution in [2.24, 2.45) is 35.5 Å². The van der Waals surface area contributed by atoms with Crippen LogP contribution in [0.5, 0.6) is 11.5 Å². The van der Waals surface area contributed by atoms with Crippen LogP contribution in [0.1, 0.15) is 0 Å². The molecule has 4 atom stereocenters. The number of imide groups is 2. The van der Waals surface area contributed by atoms with Crippen molar-refractivity contribution in [2.45, 2.75) is 0 Å². The first-order chi connectivity index (χ1) is 15.4. The first kappa shape index (κ1) is 18.8. The number of phenolic OH excluding ortho intramolecular Hbond substituents is 2. The van der Waals surface area contributed by atoms with Gasteiger partial charge in [0.25, 0.3) is 0 Å². The lowest BCUT2D eigenvalue weighted by molar-refractivity contribution is -0.137. The highest BCUT2D eigenvalue weighted by Gasteiger charge is 2.68. The van der Waals surface area contributed by atoms with Gasteiger partial charge in [0, 0.05) is 24.0 Å². The Balaban J connectivity index is 1.41. The van der Waals surface area contributed by atoms with E-state index in [1.54, 1.807) is 36.4 Å². The molecule has 4 unspecified atom stereocenters. The van der Waals surface area contributed by atoms with Crippen LogP contribution in [-0.4, -0.2) is 33.8 Å². The molecule has 2 heterocycles. The van der Waals surface area contributed by atoms with Gasteiger partial charge >= 0.3 is 0 Å². The molecule has 160 valence electrons. The van der Waals surface area contributed by atoms with E-state index < -0.39 is 59.1 Å². The molecule has 4 amide bonds. The van der Waals surface area contributed by atoms with Gasteiger partial charge in [-0.1, -0.05) is 24.3 Å². The average Bonchev–Trinajstić information content (AvgIpc) is 3.21. The zero-order valence-corrected chi connectivity index (χ0v) is 16.7. The zero-order chi connectivity index (χ0) is 22.3. The molecule has 8 heteroatoms. The third-order valence-electron chi connectivity index (χ3n) is 7.19. The summed E-state index contributed by atoms with van der Waals surface area (Å²) in [5, 5.41) is 19.6. The largest absolute Gasteiger partial charge is 0.508 e. The summed E-state index contributed by atoms with van der Waals surface area (Å²) in [5.41, 5.74) is 0.552. The van der Waals surface area contributed by atoms with Crippen LogP contribution in [0.25, 0.3) is 0 Å². The summed E-state index contributed by atoms with van der Waals surface area (Å²) >= 11 is 0. The SMILES string of the molecule is O=C1C2C3C=CC(C2C(=O)N1c1cccc(O)c1)C1C(=O)N(c2cccc(O)c2)C(=O)C31. The number of hydrogen-bond acceptors (Lipinski definition) is 6. The third kappa shape index (κ3) is 2.26. The molecule has 2 bridgehead atoms. The van der Waals surface area contributed by atoms with E-state index in [1.807, 2.05) is 0 Å². The molecule has 1 saturated carbocycles. The number of carbonyl (C=O) groups excluding carboxylic acids is 4. The monoisotopic (exact) mass is 430 g/mol. The lowest BCUT2D eigenvalue weighted by Crippen LogP contribution is -2.50. The number of carbonyl (C=O) groups is 4. The molecule has 0 aromatic heterocycles. The van der Waals surface area contributed by atoms with Gasteiger partial charge in [-0.15, -0.1) is 0 Å². The second-order valence-corrected chi connectivity index (χ2v) is 8.71. The van der Waals surface area contributed by atoms with E-state index in [-0.39, 0.29) is 22.9 Å². The molecule has 0 spiro atoms. The maximum atomic E-state index is 13.4. The molecule has 5 aliphatic rings. The molecule has 32 heavy (non-hydrogen) atoms. The highest BCUT2D eigenvalue weighted by atomic mass is 16.3. The van der Waals surface area contributed by atoms with E-state index in [0.29, 0.717) is 0 Å². The number of aromatic hydroxyl groups is 2. The van der Waals surface area contributed by atoms with E-state index in [4.69, 9.17) is 0 Å². The second-order valence-electron chi connectivity index (χ2n) is 8.71. The maximum Gasteiger partial charge on any atom is 0.238 e. The Hall–Kier alpha value is -3.94. The molecule has 2 aliphatic heterocycles. The molecule has 3 fully saturated rings. The third-order valence-corrected chi connectivity index (χ3v) is 7.19. The van der Waals surface area contributed by atoms with Gasteiger partial charge in [-0.2, -0.15) is 0 Å². The Morgan fingerprint density at radius 1 is 0.562 bits per heavy atom. The van der Waals surface area contributed by atoms with Gasteiger partial charge in [-0.25, -0.2) is 9.80 Å². The number of amides is 4. The average molecular weight is 430 g/mol. The molecule has 2 saturated heterocycles. The summed E-state index contributed by atoms with van der Waals surface area (Å²) in [6, 6.07) is 11.8. The number of allylic oxidation sites excluding steroid dienone is 2. The van der Waals surface area contributed by atoms with Crippen molar-refractivity contribution in [3.8, 4) is 11.5 Å². The van der Waals surface area contributed by atoms with Gasteiger partial charge in [0.05, 0.1) is 35.0 Å². The Labute approximate surface area is 182 Å². The Morgan fingerprint density at radius 3 is 1.22 bits per heavy atom. The van der Waals surface area contributed by atoms with Crippen molar-refractivity contribution in [3.63, 3.8) is 0 Å². The Morgan fingerprint density at radius 2 is 0.906 bits per heavy atom. The van der Waals surface area contributed by atoms with Crippen molar-refractivity contribution >= 4 is 35.0 Å². The molecular formula is C24H18N2O6. The second kappa shape index (κ2) is 6.29. The van der Waals surface area contributed by atoms with Crippen LogP contribution < -0.4 is 9.80 Å². The van der Waals surface area contributed by atoms with Crippen LogP contribution in [0.2, 0.25) is 0 Å². The summed E-state index contributed by atoms with van der Waals surface area (Å²) in [5.74, 6) is -5.89. The first-order valence-electron chi connectivity index (χ1n) is 10.4. The van der Waals surface area contributed by atoms with Crippen molar-refractivity contribution in [3.05, 3.63) is 60.7 Å². The fourth-order valence-corrected chi connectivity index (χ4v) is 6.00. The number of nitrogens with zero attached hydrogens (tertiary/aromatic N) is 2. The van der Waals surface area contributed by atoms with Crippen molar-refractivity contribution in [1.82, 2.24) is 0 Å². The summed E-state index contributed by atoms with van der Waals surface area (Å²) < 4.78 is 0. The van der Waals surface area contributed by atoms with Crippen molar-refractivity contribution in [1.29, 1.82) is 0 Å². The van der Waals surface area contributed by atoms with Crippen molar-refractivity contribution < 1.29 is 29.4 Å². The van der Waals surface area contributed by atoms with E-state index in [0.717, 1.165) is 9.80 Å². The fourth-order valence-electron chi connectivity index (χ4n) is 6.00. The van der Waals surface area contributed by atoms with Gasteiger partial charge in [-0.3, -0.25) is 19.2 Å². The normalized spacial score (nSPS) is 32.6. The number of hydrogen-bond donors (Lipinski definition) is 2. The van der Waals surface area contributed by atoms with E-state index >= 15 is 0 Å². The minimum absolute atomic E-state index is 0.0666. The van der Waals surface area contributed by atoms with Crippen LogP contribution in [0.15, 0.2) is 60.7 Å². The van der Waals surface area contributed by atoms with Crippen LogP contribution in [-0.2, 0) is 19.2 Å². The van der Waals surface area contributed by atoms with E-state index in [1.165, 1.54) is 24.3 Å². The minimum atomic E-state index is -0.734. The smallest absolute Gasteiger partial charge is 0.238 e. The van der Waals surface area contributed by atoms with E-state index in [2.05, 4.69) is 0 Å². The summed E-state index contributed by atoms with van der Waals surface area (Å²) in [6.45, 7) is 0. The topological polar surface area (TPSA) is 115 Å². The summed E-state index contributed by atoms with van der Waals surface area (Å²) in [6.07, 6.45) is 3.59. The van der Waals surface area contributed by atoms with Crippen LogP contribution in [0.3, 0.4) is 0 Å². The predicted molar refractivity (Wildman–Crippen MR) is 111 cm³/mol. The van der Waals surface area contributed by atoms with Crippen LogP contribution in [0.4, 0.5) is 11.4 Å². The first-order valence-corrected chi connectivity index (χ1v) is 10.4. The molecule has 8 nitrogen and oxygen atoms in total. The molecule has 2 aromatic rings. The maximum absolute atomic E-state index is 13.4. The standard InChI is InChI=1S/C24H18N2O6/c27-13-5-1-3-11(9-13)25-21(29)17-15-7-8-16(18(17)22(25)30)20-19(15)23(31)26(24(20)32)12-4-2-6-14(28)10-12/h1-10,15-20,27-28H. The van der Waals surface area contributed by atoms with Gasteiger partial charge in [-0.05, 0) is 24.3 Å². The van der Waals surface area contributed by atoms with Crippen molar-refractivity contribution in [2.75, 3.05) is 9.80 Å². The fraction of sp³-hybridized carbons (Fsp3) is 0.250. The molecule has 2 aromatic carbocycles.